The van der Waals surface area contributed by atoms with E-state index in [4.69, 9.17) is 21.1 Å². The molecule has 0 radical (unpaired) electrons. The Balaban J connectivity index is 2.21. The minimum atomic E-state index is -0.479. The molecular formula is C17H17ClO3. The van der Waals surface area contributed by atoms with Crippen LogP contribution in [0.4, 0.5) is 0 Å². The van der Waals surface area contributed by atoms with E-state index in [1.807, 2.05) is 43.3 Å². The lowest BCUT2D eigenvalue weighted by molar-refractivity contribution is -0.143. The third-order valence-electron chi connectivity index (χ3n) is 3.29. The molecule has 0 heterocycles. The molecule has 0 aromatic heterocycles. The highest BCUT2D eigenvalue weighted by molar-refractivity contribution is 6.32. The van der Waals surface area contributed by atoms with Crippen molar-refractivity contribution in [3.8, 4) is 5.75 Å². The van der Waals surface area contributed by atoms with E-state index in [9.17, 15) is 4.79 Å². The Labute approximate surface area is 129 Å². The van der Waals surface area contributed by atoms with Crippen molar-refractivity contribution in [1.82, 2.24) is 0 Å². The van der Waals surface area contributed by atoms with Crippen LogP contribution in [0.25, 0.3) is 0 Å². The number of rotatable bonds is 5. The van der Waals surface area contributed by atoms with Crippen molar-refractivity contribution in [2.75, 3.05) is 13.7 Å². The van der Waals surface area contributed by atoms with Gasteiger partial charge in [-0.1, -0.05) is 48.0 Å². The molecule has 0 aliphatic rings. The van der Waals surface area contributed by atoms with Crippen LogP contribution in [0, 0.1) is 6.92 Å². The molecule has 0 spiro atoms. The van der Waals surface area contributed by atoms with E-state index < -0.39 is 5.92 Å². The highest BCUT2D eigenvalue weighted by atomic mass is 35.5. The number of hydrogen-bond donors (Lipinski definition) is 0. The maximum Gasteiger partial charge on any atom is 0.316 e. The second-order valence-corrected chi connectivity index (χ2v) is 5.08. The van der Waals surface area contributed by atoms with E-state index in [-0.39, 0.29) is 12.6 Å². The Hall–Kier alpha value is -2.00. The van der Waals surface area contributed by atoms with Gasteiger partial charge >= 0.3 is 5.97 Å². The fourth-order valence-corrected chi connectivity index (χ4v) is 2.33. The Kier molecular flexibility index (Phi) is 5.23. The summed E-state index contributed by atoms with van der Waals surface area (Å²) in [6.07, 6.45) is 0. The van der Waals surface area contributed by atoms with Gasteiger partial charge < -0.3 is 9.47 Å². The molecule has 0 aliphatic carbocycles. The molecule has 2 rings (SSSR count). The van der Waals surface area contributed by atoms with Gasteiger partial charge in [-0.05, 0) is 30.2 Å². The number of ether oxygens (including phenoxy) is 2. The summed E-state index contributed by atoms with van der Waals surface area (Å²) >= 11 is 6.06. The number of benzene rings is 2. The zero-order valence-corrected chi connectivity index (χ0v) is 12.8. The number of carbonyl (C=O) groups excluding carboxylic acids is 1. The maximum absolute atomic E-state index is 12.0. The van der Waals surface area contributed by atoms with E-state index in [0.29, 0.717) is 10.8 Å². The summed E-state index contributed by atoms with van der Waals surface area (Å²) in [5.74, 6) is -0.245. The molecule has 0 amide bonds. The van der Waals surface area contributed by atoms with Gasteiger partial charge in [0.15, 0.2) is 0 Å². The van der Waals surface area contributed by atoms with Crippen LogP contribution in [0.5, 0.6) is 5.75 Å². The van der Waals surface area contributed by atoms with E-state index in [1.54, 1.807) is 12.1 Å². The van der Waals surface area contributed by atoms with E-state index in [0.717, 1.165) is 11.1 Å². The van der Waals surface area contributed by atoms with Crippen molar-refractivity contribution in [1.29, 1.82) is 0 Å². The highest BCUT2D eigenvalue weighted by Gasteiger charge is 2.24. The Morgan fingerprint density at radius 3 is 2.48 bits per heavy atom. The number of methoxy groups -OCH3 is 1. The molecule has 0 aliphatic heterocycles. The largest absolute Gasteiger partial charge is 0.491 e. The number of halogens is 1. The summed E-state index contributed by atoms with van der Waals surface area (Å²) in [7, 11) is 1.38. The van der Waals surface area contributed by atoms with Crippen molar-refractivity contribution in [2.24, 2.45) is 0 Å². The molecule has 2 aromatic carbocycles. The van der Waals surface area contributed by atoms with Crippen LogP contribution >= 0.6 is 11.6 Å². The van der Waals surface area contributed by atoms with E-state index in [1.165, 1.54) is 7.11 Å². The maximum atomic E-state index is 12.0. The Morgan fingerprint density at radius 1 is 1.14 bits per heavy atom. The summed E-state index contributed by atoms with van der Waals surface area (Å²) < 4.78 is 10.6. The van der Waals surface area contributed by atoms with Crippen LogP contribution in [0.15, 0.2) is 48.5 Å². The minimum absolute atomic E-state index is 0.182. The zero-order chi connectivity index (χ0) is 15.2. The smallest absolute Gasteiger partial charge is 0.316 e. The topological polar surface area (TPSA) is 35.5 Å². The van der Waals surface area contributed by atoms with Gasteiger partial charge in [0.2, 0.25) is 0 Å². The van der Waals surface area contributed by atoms with Gasteiger partial charge in [0, 0.05) is 0 Å². The van der Waals surface area contributed by atoms with Crippen LogP contribution in [0.1, 0.15) is 17.0 Å². The van der Waals surface area contributed by atoms with Gasteiger partial charge in [-0.25, -0.2) is 0 Å². The van der Waals surface area contributed by atoms with Gasteiger partial charge in [0.25, 0.3) is 0 Å². The normalized spacial score (nSPS) is 11.8. The SMILES string of the molecule is COC(=O)C(COc1ccccc1Cl)c1ccccc1C. The molecule has 21 heavy (non-hydrogen) atoms. The minimum Gasteiger partial charge on any atom is -0.491 e. The zero-order valence-electron chi connectivity index (χ0n) is 12.0. The third kappa shape index (κ3) is 3.76. The molecular weight excluding hydrogens is 288 g/mol. The van der Waals surface area contributed by atoms with Crippen LogP contribution in [0.3, 0.4) is 0 Å². The van der Waals surface area contributed by atoms with Gasteiger partial charge in [-0.3, -0.25) is 4.79 Å². The molecule has 0 saturated carbocycles. The molecule has 1 atom stereocenters. The first-order valence-electron chi connectivity index (χ1n) is 6.64. The predicted molar refractivity (Wildman–Crippen MR) is 82.9 cm³/mol. The Bertz CT molecular complexity index is 625. The second-order valence-electron chi connectivity index (χ2n) is 4.67. The lowest BCUT2D eigenvalue weighted by Crippen LogP contribution is -2.22. The lowest BCUT2D eigenvalue weighted by atomic mass is 9.95. The number of esters is 1. The average Bonchev–Trinajstić information content (AvgIpc) is 2.50. The summed E-state index contributed by atoms with van der Waals surface area (Å²) in [6, 6.07) is 14.9. The summed E-state index contributed by atoms with van der Waals surface area (Å²) in [5, 5.41) is 0.519. The molecule has 0 N–H and O–H groups in total. The second kappa shape index (κ2) is 7.14. The molecule has 2 aromatic rings. The summed E-state index contributed by atoms with van der Waals surface area (Å²) in [5.41, 5.74) is 1.92. The molecule has 0 fully saturated rings. The fourth-order valence-electron chi connectivity index (χ4n) is 2.14. The number of carbonyl (C=O) groups is 1. The predicted octanol–water partition coefficient (Wildman–Crippen LogP) is 3.98. The van der Waals surface area contributed by atoms with Crippen molar-refractivity contribution in [2.45, 2.75) is 12.8 Å². The van der Waals surface area contributed by atoms with Gasteiger partial charge in [0.1, 0.15) is 18.3 Å². The molecule has 1 unspecified atom stereocenters. The average molecular weight is 305 g/mol. The van der Waals surface area contributed by atoms with Gasteiger partial charge in [-0.15, -0.1) is 0 Å². The quantitative estimate of drug-likeness (QED) is 0.784. The van der Waals surface area contributed by atoms with E-state index >= 15 is 0 Å². The summed E-state index contributed by atoms with van der Waals surface area (Å²) in [4.78, 5) is 12.0. The molecule has 0 bridgehead atoms. The first-order valence-corrected chi connectivity index (χ1v) is 7.02. The van der Waals surface area contributed by atoms with Crippen LogP contribution in [0.2, 0.25) is 5.02 Å². The first-order chi connectivity index (χ1) is 10.1. The van der Waals surface area contributed by atoms with Gasteiger partial charge in [0.05, 0.1) is 12.1 Å². The summed E-state index contributed by atoms with van der Waals surface area (Å²) in [6.45, 7) is 2.14. The highest BCUT2D eigenvalue weighted by Crippen LogP contribution is 2.27. The molecule has 0 saturated heterocycles. The van der Waals surface area contributed by atoms with Gasteiger partial charge in [-0.2, -0.15) is 0 Å². The number of hydrogen-bond acceptors (Lipinski definition) is 3. The van der Waals surface area contributed by atoms with Crippen LogP contribution in [-0.2, 0) is 9.53 Å². The van der Waals surface area contributed by atoms with Crippen molar-refractivity contribution in [3.63, 3.8) is 0 Å². The van der Waals surface area contributed by atoms with Crippen LogP contribution < -0.4 is 4.74 Å². The number of para-hydroxylation sites is 1. The molecule has 4 heteroatoms. The monoisotopic (exact) mass is 304 g/mol. The third-order valence-corrected chi connectivity index (χ3v) is 3.60. The molecule has 3 nitrogen and oxygen atoms in total. The van der Waals surface area contributed by atoms with Crippen molar-refractivity contribution in [3.05, 3.63) is 64.7 Å². The lowest BCUT2D eigenvalue weighted by Gasteiger charge is -2.18. The Morgan fingerprint density at radius 2 is 1.81 bits per heavy atom. The van der Waals surface area contributed by atoms with Crippen LogP contribution in [-0.4, -0.2) is 19.7 Å². The van der Waals surface area contributed by atoms with Crippen molar-refractivity contribution >= 4 is 17.6 Å². The standard InChI is InChI=1S/C17H17ClO3/c1-12-7-3-4-8-13(12)14(17(19)20-2)11-21-16-10-6-5-9-15(16)18/h3-10,14H,11H2,1-2H3. The number of aryl methyl sites for hydroxylation is 1. The fraction of sp³-hybridized carbons (Fsp3) is 0.235. The van der Waals surface area contributed by atoms with Crippen molar-refractivity contribution < 1.29 is 14.3 Å². The molecule has 110 valence electrons. The van der Waals surface area contributed by atoms with E-state index in [2.05, 4.69) is 0 Å². The first kappa shape index (κ1) is 15.4.